The van der Waals surface area contributed by atoms with Crippen molar-refractivity contribution in [2.75, 3.05) is 13.1 Å². The third-order valence-electron chi connectivity index (χ3n) is 3.68. The molecule has 0 unspecified atom stereocenters. The van der Waals surface area contributed by atoms with E-state index < -0.39 is 0 Å². The van der Waals surface area contributed by atoms with Crippen LogP contribution >= 0.6 is 0 Å². The number of hydrogen-bond donors (Lipinski definition) is 0. The highest BCUT2D eigenvalue weighted by molar-refractivity contribution is 6.05. The molecule has 3 heteroatoms. The summed E-state index contributed by atoms with van der Waals surface area (Å²) in [6, 6.07) is 0. The minimum absolute atomic E-state index is 0.0404. The van der Waals surface area contributed by atoms with E-state index in [4.69, 9.17) is 0 Å². The van der Waals surface area contributed by atoms with Gasteiger partial charge in [-0.3, -0.25) is 9.59 Å². The van der Waals surface area contributed by atoms with E-state index in [1.807, 2.05) is 0 Å². The van der Waals surface area contributed by atoms with Gasteiger partial charge in [-0.25, -0.2) is 0 Å². The Hall–Kier alpha value is -0.860. The van der Waals surface area contributed by atoms with Crippen LogP contribution in [-0.4, -0.2) is 29.7 Å². The number of rotatable bonds is 2. The van der Waals surface area contributed by atoms with Gasteiger partial charge in [0.1, 0.15) is 0 Å². The molecular formula is C12H19NO2. The maximum absolute atomic E-state index is 11.4. The molecule has 84 valence electrons. The van der Waals surface area contributed by atoms with Gasteiger partial charge in [0.15, 0.2) is 5.78 Å². The summed E-state index contributed by atoms with van der Waals surface area (Å²) in [7, 11) is 0. The molecule has 2 rings (SSSR count). The van der Waals surface area contributed by atoms with E-state index in [0.29, 0.717) is 12.5 Å². The van der Waals surface area contributed by atoms with Crippen molar-refractivity contribution < 1.29 is 9.59 Å². The van der Waals surface area contributed by atoms with Crippen LogP contribution in [-0.2, 0) is 9.59 Å². The van der Waals surface area contributed by atoms with Gasteiger partial charge >= 0.3 is 0 Å². The van der Waals surface area contributed by atoms with Gasteiger partial charge in [0, 0.05) is 6.54 Å². The third-order valence-corrected chi connectivity index (χ3v) is 3.68. The zero-order valence-corrected chi connectivity index (χ0v) is 9.37. The van der Waals surface area contributed by atoms with Crippen LogP contribution in [0.5, 0.6) is 0 Å². The first-order valence-corrected chi connectivity index (χ1v) is 5.94. The van der Waals surface area contributed by atoms with Crippen molar-refractivity contribution in [2.24, 2.45) is 11.8 Å². The summed E-state index contributed by atoms with van der Waals surface area (Å²) in [6.07, 6.45) is 5.14. The van der Waals surface area contributed by atoms with Gasteiger partial charge < -0.3 is 4.90 Å². The Bertz CT molecular complexity index is 267. The molecule has 1 aliphatic heterocycles. The number of Topliss-reactive ketones (excluding diaryl/α,β-unsaturated/α-hetero) is 1. The van der Waals surface area contributed by atoms with E-state index in [0.717, 1.165) is 12.5 Å². The summed E-state index contributed by atoms with van der Waals surface area (Å²) in [6.45, 7) is 3.48. The number of carbonyl (C=O) groups excluding carboxylic acids is 2. The lowest BCUT2D eigenvalue weighted by molar-refractivity contribution is -0.128. The Balaban J connectivity index is 1.82. The normalized spacial score (nSPS) is 32.5. The average Bonchev–Trinajstić information content (AvgIpc) is 2.49. The molecule has 0 N–H and O–H groups in total. The van der Waals surface area contributed by atoms with Crippen LogP contribution in [0, 0.1) is 11.8 Å². The van der Waals surface area contributed by atoms with Gasteiger partial charge in [0.05, 0.1) is 13.0 Å². The van der Waals surface area contributed by atoms with Crippen LogP contribution in [0.2, 0.25) is 0 Å². The van der Waals surface area contributed by atoms with Crippen molar-refractivity contribution in [2.45, 2.75) is 39.0 Å². The van der Waals surface area contributed by atoms with E-state index in [9.17, 15) is 9.59 Å². The van der Waals surface area contributed by atoms with Crippen LogP contribution in [0.4, 0.5) is 0 Å². The van der Waals surface area contributed by atoms with Crippen LogP contribution in [0.3, 0.4) is 0 Å². The first-order chi connectivity index (χ1) is 7.15. The number of amides is 1. The molecular weight excluding hydrogens is 190 g/mol. The zero-order chi connectivity index (χ0) is 10.8. The van der Waals surface area contributed by atoms with Gasteiger partial charge in [-0.05, 0) is 24.7 Å². The molecule has 1 saturated carbocycles. The molecule has 3 nitrogen and oxygen atoms in total. The molecule has 2 fully saturated rings. The Labute approximate surface area is 90.8 Å². The lowest BCUT2D eigenvalue weighted by Crippen LogP contribution is -2.32. The van der Waals surface area contributed by atoms with E-state index in [1.54, 1.807) is 4.90 Å². The highest BCUT2D eigenvalue weighted by Crippen LogP contribution is 2.29. The molecule has 0 aromatic carbocycles. The lowest BCUT2D eigenvalue weighted by Gasteiger charge is -2.29. The number of nitrogens with zero attached hydrogens (tertiary/aromatic N) is 1. The summed E-state index contributed by atoms with van der Waals surface area (Å²) in [5.41, 5.74) is 0. The molecule has 0 atom stereocenters. The third kappa shape index (κ3) is 2.58. The zero-order valence-electron chi connectivity index (χ0n) is 9.37. The van der Waals surface area contributed by atoms with Gasteiger partial charge in [0.2, 0.25) is 5.91 Å². The predicted octanol–water partition coefficient (Wildman–Crippen LogP) is 1.61. The van der Waals surface area contributed by atoms with Crippen LogP contribution in [0.25, 0.3) is 0 Å². The molecule has 2 aliphatic rings. The predicted molar refractivity (Wildman–Crippen MR) is 57.3 cm³/mol. The molecule has 15 heavy (non-hydrogen) atoms. The van der Waals surface area contributed by atoms with Crippen molar-refractivity contribution in [3.05, 3.63) is 0 Å². The summed E-state index contributed by atoms with van der Waals surface area (Å²) in [4.78, 5) is 24.3. The number of likely N-dealkylation sites (tertiary alicyclic amines) is 1. The summed E-state index contributed by atoms with van der Waals surface area (Å²) < 4.78 is 0. The van der Waals surface area contributed by atoms with E-state index in [2.05, 4.69) is 6.92 Å². The second-order valence-corrected chi connectivity index (χ2v) is 5.12. The van der Waals surface area contributed by atoms with Crippen molar-refractivity contribution >= 4 is 11.7 Å². The van der Waals surface area contributed by atoms with Gasteiger partial charge in [-0.15, -0.1) is 0 Å². The number of carbonyl (C=O) groups is 2. The molecule has 1 aliphatic carbocycles. The first kappa shape index (κ1) is 10.7. The summed E-state index contributed by atoms with van der Waals surface area (Å²) in [5.74, 6) is 1.61. The van der Waals surface area contributed by atoms with Crippen molar-refractivity contribution in [3.63, 3.8) is 0 Å². The summed E-state index contributed by atoms with van der Waals surface area (Å²) in [5, 5.41) is 0. The van der Waals surface area contributed by atoms with Crippen LogP contribution < -0.4 is 0 Å². The molecule has 0 aromatic rings. The largest absolute Gasteiger partial charge is 0.335 e. The second kappa shape index (κ2) is 4.33. The van der Waals surface area contributed by atoms with Crippen molar-refractivity contribution in [3.8, 4) is 0 Å². The Morgan fingerprint density at radius 3 is 2.40 bits per heavy atom. The SMILES string of the molecule is CC1CCC(CN2CC(=O)CC2=O)CC1. The van der Waals surface area contributed by atoms with Crippen LogP contribution in [0.15, 0.2) is 0 Å². The number of ketones is 1. The Morgan fingerprint density at radius 1 is 1.20 bits per heavy atom. The quantitative estimate of drug-likeness (QED) is 0.648. The van der Waals surface area contributed by atoms with E-state index >= 15 is 0 Å². The minimum atomic E-state index is 0.0404. The summed E-state index contributed by atoms with van der Waals surface area (Å²) >= 11 is 0. The van der Waals surface area contributed by atoms with Gasteiger partial charge in [-0.1, -0.05) is 19.8 Å². The van der Waals surface area contributed by atoms with Crippen molar-refractivity contribution in [1.82, 2.24) is 4.90 Å². The lowest BCUT2D eigenvalue weighted by atomic mass is 9.83. The molecule has 0 aromatic heterocycles. The molecule has 0 spiro atoms. The fourth-order valence-electron chi connectivity index (χ4n) is 2.63. The highest BCUT2D eigenvalue weighted by Gasteiger charge is 2.30. The molecule has 1 heterocycles. The fourth-order valence-corrected chi connectivity index (χ4v) is 2.63. The standard InChI is InChI=1S/C12H19NO2/c1-9-2-4-10(5-3-9)7-13-8-11(14)6-12(13)15/h9-10H,2-8H2,1H3. The first-order valence-electron chi connectivity index (χ1n) is 5.94. The fraction of sp³-hybridized carbons (Fsp3) is 0.833. The van der Waals surface area contributed by atoms with Gasteiger partial charge in [-0.2, -0.15) is 0 Å². The highest BCUT2D eigenvalue weighted by atomic mass is 16.2. The monoisotopic (exact) mass is 209 g/mol. The molecule has 1 saturated heterocycles. The molecule has 1 amide bonds. The Morgan fingerprint density at radius 2 is 1.87 bits per heavy atom. The van der Waals surface area contributed by atoms with E-state index in [1.165, 1.54) is 25.7 Å². The molecule has 0 radical (unpaired) electrons. The minimum Gasteiger partial charge on any atom is -0.335 e. The maximum atomic E-state index is 11.4. The second-order valence-electron chi connectivity index (χ2n) is 5.12. The van der Waals surface area contributed by atoms with Crippen LogP contribution in [0.1, 0.15) is 39.0 Å². The smallest absolute Gasteiger partial charge is 0.230 e. The van der Waals surface area contributed by atoms with E-state index in [-0.39, 0.29) is 18.1 Å². The average molecular weight is 209 g/mol. The van der Waals surface area contributed by atoms with Gasteiger partial charge in [0.25, 0.3) is 0 Å². The maximum Gasteiger partial charge on any atom is 0.230 e. The number of hydrogen-bond acceptors (Lipinski definition) is 2. The Kier molecular flexibility index (Phi) is 3.08. The molecule has 0 bridgehead atoms. The topological polar surface area (TPSA) is 37.4 Å². The van der Waals surface area contributed by atoms with Crippen molar-refractivity contribution in [1.29, 1.82) is 0 Å².